The molecular weight excluding hydrogens is 817 g/mol. The first-order valence-corrected chi connectivity index (χ1v) is 23.2. The summed E-state index contributed by atoms with van der Waals surface area (Å²) in [5.74, 6) is 2.22. The van der Waals surface area contributed by atoms with Crippen LogP contribution in [0.3, 0.4) is 0 Å². The molecule has 63 heavy (non-hydrogen) atoms. The van der Waals surface area contributed by atoms with E-state index in [0.29, 0.717) is 54.0 Å². The summed E-state index contributed by atoms with van der Waals surface area (Å²) in [7, 11) is 0. The van der Waals surface area contributed by atoms with E-state index in [-0.39, 0.29) is 36.1 Å². The highest BCUT2D eigenvalue weighted by Gasteiger charge is 2.40. The van der Waals surface area contributed by atoms with E-state index < -0.39 is 6.04 Å². The van der Waals surface area contributed by atoms with E-state index >= 15 is 0 Å². The average Bonchev–Trinajstić information content (AvgIpc) is 3.86. The Morgan fingerprint density at radius 3 is 2.38 bits per heavy atom. The molecule has 0 aliphatic carbocycles. The van der Waals surface area contributed by atoms with Gasteiger partial charge in [0.1, 0.15) is 35.4 Å². The highest BCUT2D eigenvalue weighted by Crippen LogP contribution is 2.36. The van der Waals surface area contributed by atoms with Crippen molar-refractivity contribution in [1.29, 1.82) is 0 Å². The van der Waals surface area contributed by atoms with E-state index in [1.54, 1.807) is 16.7 Å². The number of unbranched alkanes of at least 4 members (excludes halogenated alkanes) is 1. The van der Waals surface area contributed by atoms with E-state index in [0.717, 1.165) is 111 Å². The van der Waals surface area contributed by atoms with Crippen LogP contribution in [0.4, 0.5) is 5.82 Å². The monoisotopic (exact) mass is 870 g/mol. The molecule has 328 valence electrons. The fraction of sp³-hybridized carbons (Fsp3) is 0.426. The number of benzene rings is 3. The number of piperidine rings is 2. The van der Waals surface area contributed by atoms with Crippen molar-refractivity contribution in [2.24, 2.45) is 0 Å². The van der Waals surface area contributed by atoms with Crippen LogP contribution in [-0.2, 0) is 20.9 Å². The fourth-order valence-electron chi connectivity index (χ4n) is 9.30. The summed E-state index contributed by atoms with van der Waals surface area (Å²) < 4.78 is 7.95. The molecule has 3 aromatic carbocycles. The van der Waals surface area contributed by atoms with Crippen LogP contribution >= 0.6 is 11.8 Å². The molecule has 16 heteroatoms. The molecule has 0 spiro atoms. The number of imide groups is 1. The molecule has 0 saturated carbocycles. The molecule has 4 amide bonds. The number of piperazine rings is 1. The number of hydrogen-bond acceptors (Lipinski definition) is 12. The number of carbonyl (C=O) groups excluding carboxylic acids is 4. The minimum atomic E-state index is -0.599. The maximum Gasteiger partial charge on any atom is 0.255 e. The second-order valence-corrected chi connectivity index (χ2v) is 18.0. The number of ether oxygens (including phenoxy) is 1. The van der Waals surface area contributed by atoms with Gasteiger partial charge in [0.15, 0.2) is 5.65 Å². The van der Waals surface area contributed by atoms with Gasteiger partial charge in [0.05, 0.1) is 11.4 Å². The van der Waals surface area contributed by atoms with Crippen LogP contribution in [0.5, 0.6) is 11.5 Å². The first-order valence-electron chi connectivity index (χ1n) is 22.2. The Morgan fingerprint density at radius 1 is 0.841 bits per heavy atom. The van der Waals surface area contributed by atoms with Crippen molar-refractivity contribution in [3.8, 4) is 22.8 Å². The molecule has 1 unspecified atom stereocenters. The number of amides is 4. The third-order valence-electron chi connectivity index (χ3n) is 12.7. The molecule has 2 atom stereocenters. The summed E-state index contributed by atoms with van der Waals surface area (Å²) in [6.07, 6.45) is 7.40. The lowest BCUT2D eigenvalue weighted by molar-refractivity contribution is -0.137. The van der Waals surface area contributed by atoms with Crippen LogP contribution in [0, 0.1) is 0 Å². The van der Waals surface area contributed by atoms with Crippen LogP contribution in [0.1, 0.15) is 73.3 Å². The summed E-state index contributed by atoms with van der Waals surface area (Å²) in [6.45, 7) is 7.76. The summed E-state index contributed by atoms with van der Waals surface area (Å²) >= 11 is 1.78. The highest BCUT2D eigenvalue weighted by molar-refractivity contribution is 7.99. The maximum absolute atomic E-state index is 13.6. The van der Waals surface area contributed by atoms with Crippen LogP contribution < -0.4 is 15.8 Å². The zero-order valence-electron chi connectivity index (χ0n) is 35.5. The standard InChI is InChI=1S/C47H54N10O5S/c48-44-42-43(32-15-17-35(18-16-32)62-34-10-2-1-3-11-34)52-57(45(42)50-31-49-44)33-9-7-23-55(29-33)41(59)14-8-22-54-26-24-53(25-27-54)21-4-5-28-63-39-13-6-12-36-37(39)30-56(47(36)61)38-19-20-40(58)51-46(38)60/h1-3,6,10-13,15-18,31,33,38H,4-5,7-9,14,19-30H2,(H2,48,49,50)(H,51,58,60)/t33-,38?/m1/s1. The molecule has 2 aromatic heterocycles. The Morgan fingerprint density at radius 2 is 1.60 bits per heavy atom. The quantitative estimate of drug-likeness (QED) is 0.0742. The third-order valence-corrected chi connectivity index (χ3v) is 13.9. The van der Waals surface area contributed by atoms with Crippen molar-refractivity contribution in [3.05, 3.63) is 90.3 Å². The van der Waals surface area contributed by atoms with E-state index in [2.05, 4.69) is 31.2 Å². The van der Waals surface area contributed by atoms with Crippen molar-refractivity contribution in [2.45, 2.75) is 74.9 Å². The van der Waals surface area contributed by atoms with Crippen LogP contribution in [0.2, 0.25) is 0 Å². The zero-order chi connectivity index (χ0) is 43.3. The molecule has 4 aliphatic rings. The molecule has 5 aromatic rings. The van der Waals surface area contributed by atoms with E-state index in [1.165, 1.54) is 6.33 Å². The minimum Gasteiger partial charge on any atom is -0.457 e. The van der Waals surface area contributed by atoms with Gasteiger partial charge in [-0.1, -0.05) is 24.3 Å². The smallest absolute Gasteiger partial charge is 0.255 e. The molecule has 3 N–H and O–H groups in total. The fourth-order valence-corrected chi connectivity index (χ4v) is 10.4. The first kappa shape index (κ1) is 42.5. The average molecular weight is 871 g/mol. The second-order valence-electron chi connectivity index (χ2n) is 16.9. The lowest BCUT2D eigenvalue weighted by Crippen LogP contribution is -2.52. The lowest BCUT2D eigenvalue weighted by Gasteiger charge is -2.35. The van der Waals surface area contributed by atoms with Crippen LogP contribution in [0.25, 0.3) is 22.3 Å². The number of rotatable bonds is 15. The predicted molar refractivity (Wildman–Crippen MR) is 241 cm³/mol. The number of likely N-dealkylation sites (tertiary alicyclic amines) is 1. The van der Waals surface area contributed by atoms with E-state index in [1.807, 2.05) is 76.3 Å². The van der Waals surface area contributed by atoms with Crippen molar-refractivity contribution in [1.82, 2.24) is 44.7 Å². The molecule has 6 heterocycles. The largest absolute Gasteiger partial charge is 0.457 e. The van der Waals surface area contributed by atoms with Gasteiger partial charge in [0.2, 0.25) is 17.7 Å². The molecule has 3 saturated heterocycles. The Bertz CT molecular complexity index is 2460. The number of nitrogens with two attached hydrogens (primary N) is 1. The SMILES string of the molecule is Nc1ncnc2c1c(-c1ccc(Oc3ccccc3)cc1)nn2[C@@H]1CCCN(C(=O)CCCN2CCN(CCCCSc3cccc4c3CN(C3CCC(=O)NC3=O)C4=O)CC2)C1. The topological polar surface area (TPSA) is 172 Å². The number of nitrogens with zero attached hydrogens (tertiary/aromatic N) is 8. The number of thioether (sulfide) groups is 1. The molecule has 3 fully saturated rings. The number of anilines is 1. The Balaban J connectivity index is 0.700. The summed E-state index contributed by atoms with van der Waals surface area (Å²) in [5, 5.41) is 8.16. The Labute approximate surface area is 371 Å². The number of hydrogen-bond donors (Lipinski definition) is 2. The van der Waals surface area contributed by atoms with Gasteiger partial charge >= 0.3 is 0 Å². The number of para-hydroxylation sites is 1. The van der Waals surface area contributed by atoms with Gasteiger partial charge in [0.25, 0.3) is 5.91 Å². The minimum absolute atomic E-state index is 0.0249. The summed E-state index contributed by atoms with van der Waals surface area (Å²) in [6, 6.07) is 22.7. The predicted octanol–water partition coefficient (Wildman–Crippen LogP) is 5.76. The van der Waals surface area contributed by atoms with Crippen molar-refractivity contribution in [3.63, 3.8) is 0 Å². The van der Waals surface area contributed by atoms with Gasteiger partial charge in [-0.15, -0.1) is 11.8 Å². The molecule has 4 aliphatic heterocycles. The maximum atomic E-state index is 13.6. The van der Waals surface area contributed by atoms with E-state index in [9.17, 15) is 19.2 Å². The van der Waals surface area contributed by atoms with Gasteiger partial charge in [-0.2, -0.15) is 5.10 Å². The highest BCUT2D eigenvalue weighted by atomic mass is 32.2. The first-order chi connectivity index (χ1) is 30.8. The summed E-state index contributed by atoms with van der Waals surface area (Å²) in [5.41, 5.74) is 10.4. The second kappa shape index (κ2) is 19.3. The molecule has 9 rings (SSSR count). The van der Waals surface area contributed by atoms with Gasteiger partial charge in [-0.3, -0.25) is 24.5 Å². The molecule has 15 nitrogen and oxygen atoms in total. The Hall–Kier alpha value is -5.84. The van der Waals surface area contributed by atoms with Crippen LogP contribution in [-0.4, -0.2) is 127 Å². The number of nitrogens with one attached hydrogen (secondary N) is 1. The van der Waals surface area contributed by atoms with Gasteiger partial charge < -0.3 is 30.1 Å². The van der Waals surface area contributed by atoms with Gasteiger partial charge in [0, 0.05) is 74.7 Å². The van der Waals surface area contributed by atoms with Crippen molar-refractivity contribution in [2.75, 3.05) is 63.8 Å². The molecule has 0 radical (unpaired) electrons. The van der Waals surface area contributed by atoms with Crippen LogP contribution in [0.15, 0.2) is 84.0 Å². The molecule has 0 bridgehead atoms. The Kier molecular flexibility index (Phi) is 13.0. The lowest BCUT2D eigenvalue weighted by atomic mass is 10.0. The van der Waals surface area contributed by atoms with Gasteiger partial charge in [-0.25, -0.2) is 14.6 Å². The number of fused-ring (bicyclic) bond motifs is 2. The number of nitrogen functional groups attached to an aromatic ring is 1. The van der Waals surface area contributed by atoms with Crippen molar-refractivity contribution >= 4 is 52.2 Å². The number of carbonyl (C=O) groups is 4. The van der Waals surface area contributed by atoms with Crippen molar-refractivity contribution < 1.29 is 23.9 Å². The normalized spacial score (nSPS) is 19.7. The molecular formula is C47H54N10O5S. The van der Waals surface area contributed by atoms with Gasteiger partial charge in [-0.05, 0) is 111 Å². The van der Waals surface area contributed by atoms with E-state index in [4.69, 9.17) is 15.6 Å². The summed E-state index contributed by atoms with van der Waals surface area (Å²) in [4.78, 5) is 69.5. The zero-order valence-corrected chi connectivity index (χ0v) is 36.3. The number of aromatic nitrogens is 4. The third kappa shape index (κ3) is 9.58.